The van der Waals surface area contributed by atoms with E-state index in [0.29, 0.717) is 6.54 Å². The number of amides is 1. The maximum absolute atomic E-state index is 12.2. The fourth-order valence-electron chi connectivity index (χ4n) is 2.61. The van der Waals surface area contributed by atoms with Gasteiger partial charge < -0.3 is 10.6 Å². The van der Waals surface area contributed by atoms with Crippen molar-refractivity contribution in [2.75, 3.05) is 6.54 Å². The summed E-state index contributed by atoms with van der Waals surface area (Å²) in [6.07, 6.45) is 1.04. The standard InChI is InChI=1S/C18H20N2O/c1-13-2-4-14(5-3-13)11-20-18(21)16-7-6-15-8-9-19-12-17(15)10-16/h2-7,10,19H,8-9,11-12H2,1H3,(H,20,21). The molecule has 1 aliphatic heterocycles. The minimum Gasteiger partial charge on any atom is -0.348 e. The molecule has 1 amide bonds. The molecule has 0 spiro atoms. The molecule has 108 valence electrons. The van der Waals surface area contributed by atoms with Crippen LogP contribution in [-0.4, -0.2) is 12.5 Å². The summed E-state index contributed by atoms with van der Waals surface area (Å²) >= 11 is 0. The van der Waals surface area contributed by atoms with E-state index < -0.39 is 0 Å². The number of hydrogen-bond donors (Lipinski definition) is 2. The summed E-state index contributed by atoms with van der Waals surface area (Å²) in [5.74, 6) is -0.0102. The molecule has 0 aromatic heterocycles. The van der Waals surface area contributed by atoms with Crippen LogP contribution in [0.5, 0.6) is 0 Å². The fraction of sp³-hybridized carbons (Fsp3) is 0.278. The van der Waals surface area contributed by atoms with E-state index in [9.17, 15) is 4.79 Å². The summed E-state index contributed by atoms with van der Waals surface area (Å²) in [7, 11) is 0. The summed E-state index contributed by atoms with van der Waals surface area (Å²) in [5.41, 5.74) is 5.68. The number of nitrogens with one attached hydrogen (secondary N) is 2. The van der Waals surface area contributed by atoms with Gasteiger partial charge in [-0.15, -0.1) is 0 Å². The third-order valence-electron chi connectivity index (χ3n) is 3.93. The van der Waals surface area contributed by atoms with Gasteiger partial charge in [-0.05, 0) is 48.7 Å². The molecule has 21 heavy (non-hydrogen) atoms. The number of benzene rings is 2. The van der Waals surface area contributed by atoms with E-state index in [1.807, 2.05) is 24.3 Å². The normalized spacial score (nSPS) is 13.6. The molecular weight excluding hydrogens is 260 g/mol. The Labute approximate surface area is 125 Å². The second kappa shape index (κ2) is 6.10. The van der Waals surface area contributed by atoms with E-state index in [0.717, 1.165) is 30.6 Å². The van der Waals surface area contributed by atoms with Gasteiger partial charge in [0.25, 0.3) is 5.91 Å². The summed E-state index contributed by atoms with van der Waals surface area (Å²) in [4.78, 5) is 12.2. The highest BCUT2D eigenvalue weighted by Crippen LogP contribution is 2.16. The van der Waals surface area contributed by atoms with Gasteiger partial charge >= 0.3 is 0 Å². The number of carbonyl (C=O) groups excluding carboxylic acids is 1. The van der Waals surface area contributed by atoms with Crippen LogP contribution in [-0.2, 0) is 19.5 Å². The van der Waals surface area contributed by atoms with E-state index in [1.54, 1.807) is 0 Å². The molecule has 0 saturated heterocycles. The predicted octanol–water partition coefficient (Wildman–Crippen LogP) is 2.57. The SMILES string of the molecule is Cc1ccc(CNC(=O)c2ccc3c(c2)CNCC3)cc1. The first kappa shape index (κ1) is 13.8. The lowest BCUT2D eigenvalue weighted by atomic mass is 9.98. The Morgan fingerprint density at radius 2 is 1.95 bits per heavy atom. The van der Waals surface area contributed by atoms with Crippen molar-refractivity contribution in [3.8, 4) is 0 Å². The highest BCUT2D eigenvalue weighted by atomic mass is 16.1. The molecule has 0 bridgehead atoms. The highest BCUT2D eigenvalue weighted by molar-refractivity contribution is 5.94. The van der Waals surface area contributed by atoms with E-state index in [1.165, 1.54) is 16.7 Å². The fourth-order valence-corrected chi connectivity index (χ4v) is 2.61. The number of fused-ring (bicyclic) bond motifs is 1. The van der Waals surface area contributed by atoms with Crippen molar-refractivity contribution in [1.82, 2.24) is 10.6 Å². The lowest BCUT2D eigenvalue weighted by Gasteiger charge is -2.17. The molecule has 1 heterocycles. The van der Waals surface area contributed by atoms with Crippen LogP contribution in [0.15, 0.2) is 42.5 Å². The van der Waals surface area contributed by atoms with E-state index in [-0.39, 0.29) is 5.91 Å². The van der Waals surface area contributed by atoms with Crippen molar-refractivity contribution in [2.24, 2.45) is 0 Å². The Balaban J connectivity index is 1.66. The number of aryl methyl sites for hydroxylation is 1. The smallest absolute Gasteiger partial charge is 0.251 e. The van der Waals surface area contributed by atoms with Crippen LogP contribution in [0.4, 0.5) is 0 Å². The minimum atomic E-state index is -0.0102. The number of carbonyl (C=O) groups is 1. The first-order valence-electron chi connectivity index (χ1n) is 7.38. The van der Waals surface area contributed by atoms with E-state index >= 15 is 0 Å². The minimum absolute atomic E-state index is 0.0102. The van der Waals surface area contributed by atoms with E-state index in [2.05, 4.69) is 35.8 Å². The topological polar surface area (TPSA) is 41.1 Å². The third-order valence-corrected chi connectivity index (χ3v) is 3.93. The third kappa shape index (κ3) is 3.31. The summed E-state index contributed by atoms with van der Waals surface area (Å²) in [6.45, 7) is 4.50. The molecule has 0 atom stereocenters. The summed E-state index contributed by atoms with van der Waals surface area (Å²) in [6, 6.07) is 14.2. The number of rotatable bonds is 3. The monoisotopic (exact) mass is 280 g/mol. The van der Waals surface area contributed by atoms with Gasteiger partial charge in [0, 0.05) is 18.7 Å². The van der Waals surface area contributed by atoms with Crippen LogP contribution in [0.2, 0.25) is 0 Å². The Bertz CT molecular complexity index is 647. The molecule has 3 nitrogen and oxygen atoms in total. The molecule has 1 aliphatic rings. The van der Waals surface area contributed by atoms with Gasteiger partial charge in [-0.1, -0.05) is 35.9 Å². The second-order valence-electron chi connectivity index (χ2n) is 5.58. The Morgan fingerprint density at radius 1 is 1.14 bits per heavy atom. The molecule has 3 rings (SSSR count). The van der Waals surface area contributed by atoms with Gasteiger partial charge in [-0.2, -0.15) is 0 Å². The van der Waals surface area contributed by atoms with Crippen molar-refractivity contribution >= 4 is 5.91 Å². The van der Waals surface area contributed by atoms with Crippen LogP contribution in [0.25, 0.3) is 0 Å². The van der Waals surface area contributed by atoms with Crippen molar-refractivity contribution in [1.29, 1.82) is 0 Å². The Morgan fingerprint density at radius 3 is 2.76 bits per heavy atom. The zero-order valence-corrected chi connectivity index (χ0v) is 12.3. The molecule has 0 saturated carbocycles. The molecule has 2 aromatic carbocycles. The lowest BCUT2D eigenvalue weighted by Crippen LogP contribution is -2.26. The van der Waals surface area contributed by atoms with Crippen molar-refractivity contribution in [3.05, 3.63) is 70.3 Å². The van der Waals surface area contributed by atoms with Gasteiger partial charge in [0.2, 0.25) is 0 Å². The van der Waals surface area contributed by atoms with Crippen molar-refractivity contribution in [2.45, 2.75) is 26.4 Å². The second-order valence-corrected chi connectivity index (χ2v) is 5.58. The van der Waals surface area contributed by atoms with Gasteiger partial charge in [0.15, 0.2) is 0 Å². The Hall–Kier alpha value is -2.13. The van der Waals surface area contributed by atoms with E-state index in [4.69, 9.17) is 0 Å². The molecule has 0 radical (unpaired) electrons. The van der Waals surface area contributed by atoms with Crippen molar-refractivity contribution < 1.29 is 4.79 Å². The van der Waals surface area contributed by atoms with Gasteiger partial charge in [0.1, 0.15) is 0 Å². The van der Waals surface area contributed by atoms with Crippen LogP contribution in [0.1, 0.15) is 32.6 Å². The van der Waals surface area contributed by atoms with Crippen LogP contribution in [0, 0.1) is 6.92 Å². The maximum Gasteiger partial charge on any atom is 0.251 e. The molecule has 2 N–H and O–H groups in total. The largest absolute Gasteiger partial charge is 0.348 e. The van der Waals surface area contributed by atoms with Gasteiger partial charge in [0.05, 0.1) is 0 Å². The first-order valence-corrected chi connectivity index (χ1v) is 7.38. The van der Waals surface area contributed by atoms with Gasteiger partial charge in [-0.25, -0.2) is 0 Å². The molecule has 0 fully saturated rings. The van der Waals surface area contributed by atoms with Crippen molar-refractivity contribution in [3.63, 3.8) is 0 Å². The molecule has 3 heteroatoms. The molecular formula is C18H20N2O. The predicted molar refractivity (Wildman–Crippen MR) is 84.2 cm³/mol. The molecule has 0 aliphatic carbocycles. The zero-order valence-electron chi connectivity index (χ0n) is 12.3. The quantitative estimate of drug-likeness (QED) is 0.907. The average molecular weight is 280 g/mol. The maximum atomic E-state index is 12.2. The lowest BCUT2D eigenvalue weighted by molar-refractivity contribution is 0.0951. The number of hydrogen-bond acceptors (Lipinski definition) is 2. The average Bonchev–Trinajstić information content (AvgIpc) is 2.53. The summed E-state index contributed by atoms with van der Waals surface area (Å²) in [5, 5.41) is 6.32. The summed E-state index contributed by atoms with van der Waals surface area (Å²) < 4.78 is 0. The highest BCUT2D eigenvalue weighted by Gasteiger charge is 2.12. The zero-order chi connectivity index (χ0) is 14.7. The van der Waals surface area contributed by atoms with Crippen LogP contribution in [0.3, 0.4) is 0 Å². The van der Waals surface area contributed by atoms with Gasteiger partial charge in [-0.3, -0.25) is 4.79 Å². The van der Waals surface area contributed by atoms with Crippen LogP contribution < -0.4 is 10.6 Å². The van der Waals surface area contributed by atoms with Crippen LogP contribution >= 0.6 is 0 Å². The molecule has 2 aromatic rings. The Kier molecular flexibility index (Phi) is 4.02. The first-order chi connectivity index (χ1) is 10.2. The molecule has 0 unspecified atom stereocenters.